The van der Waals surface area contributed by atoms with Gasteiger partial charge in [0.05, 0.1) is 25.4 Å². The summed E-state index contributed by atoms with van der Waals surface area (Å²) in [6.07, 6.45) is 58.2. The molecule has 3 N–H and O–H groups in total. The Labute approximate surface area is 366 Å². The van der Waals surface area contributed by atoms with Crippen molar-refractivity contribution in [3.63, 3.8) is 0 Å². The fourth-order valence-electron chi connectivity index (χ4n) is 7.66. The number of esters is 1. The molecule has 2 unspecified atom stereocenters. The van der Waals surface area contributed by atoms with Crippen molar-refractivity contribution in [2.75, 3.05) is 13.2 Å². The van der Waals surface area contributed by atoms with E-state index in [-0.39, 0.29) is 18.5 Å². The minimum atomic E-state index is -0.682. The Bertz CT molecular complexity index is 962. The summed E-state index contributed by atoms with van der Waals surface area (Å²) in [5, 5.41) is 23.2. The average molecular weight is 830 g/mol. The van der Waals surface area contributed by atoms with Crippen LogP contribution in [0, 0.1) is 0 Å². The summed E-state index contributed by atoms with van der Waals surface area (Å²) >= 11 is 0. The second-order valence-corrected chi connectivity index (χ2v) is 17.5. The maximum Gasteiger partial charge on any atom is 0.305 e. The largest absolute Gasteiger partial charge is 0.466 e. The van der Waals surface area contributed by atoms with Gasteiger partial charge in [-0.25, -0.2) is 0 Å². The molecular weight excluding hydrogens is 731 g/mol. The van der Waals surface area contributed by atoms with E-state index in [1.54, 1.807) is 0 Å². The van der Waals surface area contributed by atoms with Crippen molar-refractivity contribution in [2.45, 2.75) is 276 Å². The van der Waals surface area contributed by atoms with Gasteiger partial charge in [-0.1, -0.05) is 204 Å². The van der Waals surface area contributed by atoms with E-state index >= 15 is 0 Å². The molecule has 0 bridgehead atoms. The van der Waals surface area contributed by atoms with E-state index in [1.165, 1.54) is 148 Å². The Hall–Kier alpha value is -1.92. The van der Waals surface area contributed by atoms with Crippen molar-refractivity contribution in [1.29, 1.82) is 0 Å². The molecule has 0 heterocycles. The van der Waals surface area contributed by atoms with E-state index in [0.29, 0.717) is 25.9 Å². The molecule has 0 fully saturated rings. The number of hydrogen-bond donors (Lipinski definition) is 3. The van der Waals surface area contributed by atoms with Gasteiger partial charge in [0.1, 0.15) is 0 Å². The van der Waals surface area contributed by atoms with Crippen LogP contribution in [-0.4, -0.2) is 47.4 Å². The molecule has 0 aromatic carbocycles. The number of carbonyl (C=O) groups is 2. The average Bonchev–Trinajstić information content (AvgIpc) is 3.24. The molecule has 6 heteroatoms. The van der Waals surface area contributed by atoms with Crippen LogP contribution in [0.2, 0.25) is 0 Å². The van der Waals surface area contributed by atoms with Gasteiger partial charge in [-0.05, 0) is 83.5 Å². The molecule has 0 aromatic heterocycles. The quantitative estimate of drug-likeness (QED) is 0.0323. The molecule has 346 valence electrons. The van der Waals surface area contributed by atoms with E-state index in [4.69, 9.17) is 4.74 Å². The predicted molar refractivity (Wildman–Crippen MR) is 255 cm³/mol. The smallest absolute Gasteiger partial charge is 0.305 e. The molecule has 0 aliphatic carbocycles. The molecule has 6 nitrogen and oxygen atoms in total. The third kappa shape index (κ3) is 45.4. The molecule has 0 saturated heterocycles. The Morgan fingerprint density at radius 1 is 0.475 bits per heavy atom. The number of rotatable bonds is 47. The lowest BCUT2D eigenvalue weighted by atomic mass is 10.0. The lowest BCUT2D eigenvalue weighted by Gasteiger charge is -2.22. The molecule has 2 atom stereocenters. The van der Waals surface area contributed by atoms with Crippen LogP contribution in [0.4, 0.5) is 0 Å². The van der Waals surface area contributed by atoms with Gasteiger partial charge >= 0.3 is 5.97 Å². The van der Waals surface area contributed by atoms with Gasteiger partial charge < -0.3 is 20.3 Å². The van der Waals surface area contributed by atoms with Crippen molar-refractivity contribution in [3.8, 4) is 0 Å². The normalized spacial score (nSPS) is 12.9. The van der Waals surface area contributed by atoms with Crippen molar-refractivity contribution >= 4 is 11.9 Å². The number of aliphatic hydroxyl groups is 2. The molecule has 0 saturated carbocycles. The third-order valence-electron chi connectivity index (χ3n) is 11.7. The van der Waals surface area contributed by atoms with Gasteiger partial charge in [0, 0.05) is 12.8 Å². The molecule has 0 spiro atoms. The van der Waals surface area contributed by atoms with Crippen LogP contribution >= 0.6 is 0 Å². The number of nitrogens with one attached hydrogen (secondary N) is 1. The van der Waals surface area contributed by atoms with E-state index in [2.05, 4.69) is 55.6 Å². The molecule has 59 heavy (non-hydrogen) atoms. The zero-order valence-electron chi connectivity index (χ0n) is 39.2. The highest BCUT2D eigenvalue weighted by atomic mass is 16.5. The fourth-order valence-corrected chi connectivity index (χ4v) is 7.66. The number of hydrogen-bond acceptors (Lipinski definition) is 5. The van der Waals surface area contributed by atoms with E-state index in [9.17, 15) is 19.8 Å². The highest BCUT2D eigenvalue weighted by molar-refractivity contribution is 5.76. The van der Waals surface area contributed by atoms with Crippen molar-refractivity contribution in [3.05, 3.63) is 36.5 Å². The number of unbranched alkanes of at least 4 members (excludes halogenated alkanes) is 30. The molecular formula is C53H99NO5. The van der Waals surface area contributed by atoms with Gasteiger partial charge in [-0.15, -0.1) is 0 Å². The van der Waals surface area contributed by atoms with Crippen LogP contribution < -0.4 is 5.32 Å². The van der Waals surface area contributed by atoms with Gasteiger partial charge in [0.15, 0.2) is 0 Å². The Balaban J connectivity index is 3.51. The van der Waals surface area contributed by atoms with Crippen LogP contribution in [0.5, 0.6) is 0 Å². The Morgan fingerprint density at radius 2 is 0.847 bits per heavy atom. The summed E-state index contributed by atoms with van der Waals surface area (Å²) in [4.78, 5) is 24.4. The standard InChI is InChI=1S/C53H99NO5/c1-3-5-7-9-11-13-15-17-19-23-27-31-35-39-43-47-53(58)59-48-44-40-36-32-28-24-20-22-26-30-34-38-42-46-52(57)54-50(49-55)51(56)45-41-37-33-29-25-21-18-16-14-12-10-8-6-4-2/h11,13,17,19,22,26,50-51,55-56H,3-10,12,14-16,18,20-21,23-25,27-49H2,1-2H3,(H,54,57)/b13-11-,19-17-,26-22-. The first-order chi connectivity index (χ1) is 29.0. The maximum absolute atomic E-state index is 12.4. The van der Waals surface area contributed by atoms with Crippen LogP contribution in [0.1, 0.15) is 264 Å². The summed E-state index contributed by atoms with van der Waals surface area (Å²) < 4.78 is 5.45. The summed E-state index contributed by atoms with van der Waals surface area (Å²) in [7, 11) is 0. The van der Waals surface area contributed by atoms with Crippen LogP contribution in [0.3, 0.4) is 0 Å². The molecule has 0 aliphatic rings. The van der Waals surface area contributed by atoms with Gasteiger partial charge in [0.25, 0.3) is 0 Å². The Kier molecular flexibility index (Phi) is 47.2. The lowest BCUT2D eigenvalue weighted by Crippen LogP contribution is -2.45. The van der Waals surface area contributed by atoms with Crippen molar-refractivity contribution in [2.24, 2.45) is 0 Å². The van der Waals surface area contributed by atoms with E-state index in [0.717, 1.165) is 83.5 Å². The summed E-state index contributed by atoms with van der Waals surface area (Å²) in [5.74, 6) is -0.0933. The number of allylic oxidation sites excluding steroid dienone is 6. The van der Waals surface area contributed by atoms with Crippen LogP contribution in [0.25, 0.3) is 0 Å². The topological polar surface area (TPSA) is 95.9 Å². The first-order valence-electron chi connectivity index (χ1n) is 25.7. The minimum absolute atomic E-state index is 0.0270. The molecule has 0 radical (unpaired) electrons. The summed E-state index contributed by atoms with van der Waals surface area (Å²) in [6.45, 7) is 4.87. The van der Waals surface area contributed by atoms with Gasteiger partial charge in [-0.2, -0.15) is 0 Å². The van der Waals surface area contributed by atoms with Gasteiger partial charge in [0.2, 0.25) is 5.91 Å². The number of amides is 1. The molecule has 0 aliphatic heterocycles. The SMILES string of the molecule is CCCCC/C=C\C/C=C\CCCCCCCC(=O)OCCCCCCCC/C=C\CCCCCC(=O)NC(CO)C(O)CCCCCCCCCCCCCCCC. The highest BCUT2D eigenvalue weighted by Crippen LogP contribution is 2.16. The zero-order chi connectivity index (χ0) is 43.0. The number of ether oxygens (including phenoxy) is 1. The van der Waals surface area contributed by atoms with Crippen LogP contribution in [-0.2, 0) is 14.3 Å². The molecule has 0 aromatic rings. The first-order valence-corrected chi connectivity index (χ1v) is 25.7. The van der Waals surface area contributed by atoms with Crippen molar-refractivity contribution < 1.29 is 24.5 Å². The maximum atomic E-state index is 12.4. The molecule has 1 amide bonds. The summed E-state index contributed by atoms with van der Waals surface area (Å²) in [5.41, 5.74) is 0. The zero-order valence-corrected chi connectivity index (χ0v) is 39.2. The third-order valence-corrected chi connectivity index (χ3v) is 11.7. The lowest BCUT2D eigenvalue weighted by molar-refractivity contribution is -0.143. The number of carbonyl (C=O) groups excluding carboxylic acids is 2. The highest BCUT2D eigenvalue weighted by Gasteiger charge is 2.20. The minimum Gasteiger partial charge on any atom is -0.466 e. The first kappa shape index (κ1) is 57.1. The van der Waals surface area contributed by atoms with Gasteiger partial charge in [-0.3, -0.25) is 9.59 Å². The molecule has 0 rings (SSSR count). The second kappa shape index (κ2) is 48.7. The fraction of sp³-hybridized carbons (Fsp3) is 0.849. The summed E-state index contributed by atoms with van der Waals surface area (Å²) in [6, 6.07) is -0.562. The van der Waals surface area contributed by atoms with E-state index in [1.807, 2.05) is 0 Å². The number of aliphatic hydroxyl groups excluding tert-OH is 2. The Morgan fingerprint density at radius 3 is 1.36 bits per heavy atom. The second-order valence-electron chi connectivity index (χ2n) is 17.5. The van der Waals surface area contributed by atoms with E-state index < -0.39 is 12.1 Å². The van der Waals surface area contributed by atoms with Crippen molar-refractivity contribution in [1.82, 2.24) is 5.32 Å². The van der Waals surface area contributed by atoms with Crippen LogP contribution in [0.15, 0.2) is 36.5 Å². The predicted octanol–water partition coefficient (Wildman–Crippen LogP) is 15.3. The monoisotopic (exact) mass is 830 g/mol.